The van der Waals surface area contributed by atoms with Gasteiger partial charge in [-0.25, -0.2) is 4.79 Å². The number of hydrogen-bond acceptors (Lipinski definition) is 3. The van der Waals surface area contributed by atoms with Gasteiger partial charge < -0.3 is 5.73 Å². The van der Waals surface area contributed by atoms with Gasteiger partial charge in [0.25, 0.3) is 5.56 Å². The topological polar surface area (TPSA) is 80.9 Å². The quantitative estimate of drug-likeness (QED) is 0.800. The molecule has 0 saturated heterocycles. The minimum absolute atomic E-state index is 0.0877. The Labute approximate surface area is 95.4 Å². The third-order valence-electron chi connectivity index (χ3n) is 1.81. The highest BCUT2D eigenvalue weighted by Crippen LogP contribution is 2.19. The number of nitrogens with two attached hydrogens (primary N) is 1. The van der Waals surface area contributed by atoms with Crippen LogP contribution in [-0.2, 0) is 6.54 Å². The number of halogens is 1. The van der Waals surface area contributed by atoms with E-state index in [0.29, 0.717) is 6.54 Å². The first kappa shape index (κ1) is 12.0. The number of aromatic amines is 1. The highest BCUT2D eigenvalue weighted by atomic mass is 79.9. The molecular weight excluding hydrogens is 262 g/mol. The minimum atomic E-state index is -0.498. The highest BCUT2D eigenvalue weighted by Gasteiger charge is 2.16. The van der Waals surface area contributed by atoms with E-state index in [4.69, 9.17) is 5.73 Å². The summed E-state index contributed by atoms with van der Waals surface area (Å²) in [4.78, 5) is 24.9. The summed E-state index contributed by atoms with van der Waals surface area (Å²) < 4.78 is 1.55. The van der Waals surface area contributed by atoms with E-state index in [1.165, 1.54) is 4.57 Å². The van der Waals surface area contributed by atoms with Crippen LogP contribution in [0, 0.1) is 5.41 Å². The molecule has 0 aliphatic rings. The molecule has 1 aromatic rings. The van der Waals surface area contributed by atoms with Crippen LogP contribution < -0.4 is 17.0 Å². The van der Waals surface area contributed by atoms with Crippen molar-refractivity contribution in [2.24, 2.45) is 5.41 Å². The van der Waals surface area contributed by atoms with Crippen LogP contribution in [0.5, 0.6) is 0 Å². The van der Waals surface area contributed by atoms with Gasteiger partial charge in [0.05, 0.1) is 0 Å². The number of nitrogens with one attached hydrogen (secondary N) is 1. The molecule has 0 unspecified atom stereocenters. The highest BCUT2D eigenvalue weighted by molar-refractivity contribution is 9.10. The maximum Gasteiger partial charge on any atom is 0.329 e. The molecule has 0 atom stereocenters. The van der Waals surface area contributed by atoms with Crippen LogP contribution in [0.2, 0.25) is 0 Å². The molecule has 1 rings (SSSR count). The van der Waals surface area contributed by atoms with Gasteiger partial charge in [-0.3, -0.25) is 14.3 Å². The first-order valence-electron chi connectivity index (χ1n) is 4.50. The number of nitrogen functional groups attached to an aromatic ring is 1. The third-order valence-corrected chi connectivity index (χ3v) is 2.58. The first-order chi connectivity index (χ1) is 6.72. The molecule has 0 saturated carbocycles. The Balaban J connectivity index is 3.38. The second kappa shape index (κ2) is 3.84. The fraction of sp³-hybridized carbons (Fsp3) is 0.556. The fourth-order valence-electron chi connectivity index (χ4n) is 1.19. The Hall–Kier alpha value is -1.04. The first-order valence-corrected chi connectivity index (χ1v) is 5.30. The van der Waals surface area contributed by atoms with E-state index in [0.717, 1.165) is 0 Å². The molecular formula is C9H14BrN3O2. The van der Waals surface area contributed by atoms with Gasteiger partial charge in [0.15, 0.2) is 0 Å². The lowest BCUT2D eigenvalue weighted by molar-refractivity contribution is 0.337. The van der Waals surface area contributed by atoms with E-state index in [1.54, 1.807) is 0 Å². The molecule has 1 aromatic heterocycles. The molecule has 6 heteroatoms. The van der Waals surface area contributed by atoms with Crippen molar-refractivity contribution in [1.29, 1.82) is 0 Å². The number of anilines is 1. The lowest BCUT2D eigenvalue weighted by Crippen LogP contribution is -2.35. The summed E-state index contributed by atoms with van der Waals surface area (Å²) in [5.74, 6) is 0.165. The summed E-state index contributed by atoms with van der Waals surface area (Å²) in [5.41, 5.74) is 4.63. The number of aromatic nitrogens is 2. The van der Waals surface area contributed by atoms with Crippen molar-refractivity contribution in [1.82, 2.24) is 9.55 Å². The molecule has 5 nitrogen and oxygen atoms in total. The Morgan fingerprint density at radius 1 is 1.40 bits per heavy atom. The lowest BCUT2D eigenvalue weighted by Gasteiger charge is -2.20. The summed E-state index contributed by atoms with van der Waals surface area (Å²) in [6, 6.07) is 0. The molecule has 0 aliphatic carbocycles. The van der Waals surface area contributed by atoms with Crippen LogP contribution in [0.25, 0.3) is 0 Å². The van der Waals surface area contributed by atoms with Crippen molar-refractivity contribution in [3.8, 4) is 0 Å². The Morgan fingerprint density at radius 2 is 1.93 bits per heavy atom. The molecule has 0 fully saturated rings. The Morgan fingerprint density at radius 3 is 2.40 bits per heavy atom. The number of H-pyrrole nitrogens is 1. The summed E-state index contributed by atoms with van der Waals surface area (Å²) in [6.45, 7) is 6.40. The van der Waals surface area contributed by atoms with Gasteiger partial charge in [0.1, 0.15) is 10.3 Å². The zero-order valence-electron chi connectivity index (χ0n) is 8.93. The molecule has 0 radical (unpaired) electrons. The average molecular weight is 276 g/mol. The molecule has 0 aliphatic heterocycles. The van der Waals surface area contributed by atoms with Crippen molar-refractivity contribution in [3.63, 3.8) is 0 Å². The largest absolute Gasteiger partial charge is 0.384 e. The number of rotatable bonds is 1. The van der Waals surface area contributed by atoms with Gasteiger partial charge in [-0.2, -0.15) is 0 Å². The Kier molecular flexibility index (Phi) is 3.08. The summed E-state index contributed by atoms with van der Waals surface area (Å²) in [5, 5.41) is 0. The molecule has 0 amide bonds. The van der Waals surface area contributed by atoms with Crippen LogP contribution >= 0.6 is 15.9 Å². The zero-order valence-corrected chi connectivity index (χ0v) is 10.5. The number of hydrogen-bond donors (Lipinski definition) is 2. The minimum Gasteiger partial charge on any atom is -0.384 e. The van der Waals surface area contributed by atoms with E-state index < -0.39 is 11.2 Å². The van der Waals surface area contributed by atoms with Gasteiger partial charge in [0.2, 0.25) is 0 Å². The van der Waals surface area contributed by atoms with Gasteiger partial charge in [0, 0.05) is 6.54 Å². The normalized spacial score (nSPS) is 11.7. The monoisotopic (exact) mass is 275 g/mol. The van der Waals surface area contributed by atoms with Gasteiger partial charge >= 0.3 is 5.69 Å². The van der Waals surface area contributed by atoms with Gasteiger partial charge in [-0.1, -0.05) is 20.8 Å². The third kappa shape index (κ3) is 2.71. The zero-order chi connectivity index (χ0) is 11.8. The lowest BCUT2D eigenvalue weighted by atomic mass is 9.97. The van der Waals surface area contributed by atoms with Gasteiger partial charge in [-0.15, -0.1) is 0 Å². The predicted molar refractivity (Wildman–Crippen MR) is 62.9 cm³/mol. The standard InChI is InChI=1S/C9H14BrN3O2/c1-9(2,3)4-13-6(11)5(10)7(14)12-8(13)15/h4,11H2,1-3H3,(H,12,14,15). The van der Waals surface area contributed by atoms with Crippen molar-refractivity contribution in [3.05, 3.63) is 25.3 Å². The summed E-state index contributed by atoms with van der Waals surface area (Å²) in [7, 11) is 0. The number of nitrogens with zero attached hydrogens (tertiary/aromatic N) is 1. The van der Waals surface area contributed by atoms with Crippen LogP contribution in [-0.4, -0.2) is 9.55 Å². The van der Waals surface area contributed by atoms with E-state index >= 15 is 0 Å². The molecule has 15 heavy (non-hydrogen) atoms. The molecule has 1 heterocycles. The SMILES string of the molecule is CC(C)(C)Cn1c(N)c(Br)c(=O)[nH]c1=O. The van der Waals surface area contributed by atoms with Crippen LogP contribution in [0.15, 0.2) is 14.1 Å². The second-order valence-corrected chi connectivity index (χ2v) is 5.40. The van der Waals surface area contributed by atoms with E-state index in [1.807, 2.05) is 20.8 Å². The van der Waals surface area contributed by atoms with Crippen LogP contribution in [0.4, 0.5) is 5.82 Å². The summed E-state index contributed by atoms with van der Waals surface area (Å²) in [6.07, 6.45) is 0. The van der Waals surface area contributed by atoms with Crippen LogP contribution in [0.3, 0.4) is 0 Å². The molecule has 3 N–H and O–H groups in total. The van der Waals surface area contributed by atoms with Crippen molar-refractivity contribution >= 4 is 21.7 Å². The molecule has 0 bridgehead atoms. The van der Waals surface area contributed by atoms with E-state index in [2.05, 4.69) is 20.9 Å². The molecule has 84 valence electrons. The maximum atomic E-state index is 11.5. The van der Waals surface area contributed by atoms with Crippen molar-refractivity contribution < 1.29 is 0 Å². The second-order valence-electron chi connectivity index (χ2n) is 4.61. The van der Waals surface area contributed by atoms with E-state index in [9.17, 15) is 9.59 Å². The maximum absolute atomic E-state index is 11.5. The van der Waals surface area contributed by atoms with Crippen LogP contribution in [0.1, 0.15) is 20.8 Å². The predicted octanol–water partition coefficient (Wildman–Crippen LogP) is 0.927. The Bertz CT molecular complexity index is 482. The molecule has 0 spiro atoms. The van der Waals surface area contributed by atoms with E-state index in [-0.39, 0.29) is 15.7 Å². The van der Waals surface area contributed by atoms with Gasteiger partial charge in [-0.05, 0) is 21.3 Å². The summed E-state index contributed by atoms with van der Waals surface area (Å²) >= 11 is 3.04. The van der Waals surface area contributed by atoms with Crippen molar-refractivity contribution in [2.45, 2.75) is 27.3 Å². The van der Waals surface area contributed by atoms with Crippen molar-refractivity contribution in [2.75, 3.05) is 5.73 Å². The average Bonchev–Trinajstić information content (AvgIpc) is 2.07. The molecule has 0 aromatic carbocycles. The smallest absolute Gasteiger partial charge is 0.329 e. The fourth-order valence-corrected chi connectivity index (χ4v) is 1.51.